The van der Waals surface area contributed by atoms with Crippen LogP contribution in [0.1, 0.15) is 29.1 Å². The van der Waals surface area contributed by atoms with Crippen molar-refractivity contribution in [3.63, 3.8) is 0 Å². The second-order valence-electron chi connectivity index (χ2n) is 7.50. The third kappa shape index (κ3) is 4.87. The second-order valence-corrected chi connectivity index (χ2v) is 9.57. The molecule has 158 valence electrons. The van der Waals surface area contributed by atoms with E-state index in [-0.39, 0.29) is 11.5 Å². The number of H-pyrrole nitrogens is 1. The van der Waals surface area contributed by atoms with Crippen molar-refractivity contribution in [1.82, 2.24) is 15.3 Å². The molecule has 0 fully saturated rings. The first-order valence-corrected chi connectivity index (χ1v) is 12.2. The number of nitrogens with zero attached hydrogens (tertiary/aromatic N) is 2. The topological polar surface area (TPSA) is 78.1 Å². The minimum atomic E-state index is -0.0398. The van der Waals surface area contributed by atoms with Gasteiger partial charge in [0.15, 0.2) is 0 Å². The highest BCUT2D eigenvalue weighted by molar-refractivity contribution is 7.99. The van der Waals surface area contributed by atoms with E-state index < -0.39 is 0 Å². The number of hydrogen-bond donors (Lipinski definition) is 2. The molecule has 4 rings (SSSR count). The fraction of sp³-hybridized carbons (Fsp3) is 0.409. The molecule has 0 aliphatic heterocycles. The number of carbonyl (C=O) groups excluding carboxylic acids is 1. The van der Waals surface area contributed by atoms with Crippen molar-refractivity contribution in [2.75, 3.05) is 30.8 Å². The van der Waals surface area contributed by atoms with Gasteiger partial charge in [-0.3, -0.25) is 9.59 Å². The number of thioether (sulfide) groups is 1. The monoisotopic (exact) mass is 442 g/mol. The largest absolute Gasteiger partial charge is 0.375 e. The van der Waals surface area contributed by atoms with Crippen LogP contribution in [0.25, 0.3) is 10.2 Å². The van der Waals surface area contributed by atoms with Crippen molar-refractivity contribution in [2.24, 2.45) is 0 Å². The number of nitrogens with one attached hydrogen (secondary N) is 2. The highest BCUT2D eigenvalue weighted by Crippen LogP contribution is 2.34. The molecule has 2 N–H and O–H groups in total. The van der Waals surface area contributed by atoms with Crippen LogP contribution < -0.4 is 15.8 Å². The van der Waals surface area contributed by atoms with Gasteiger partial charge in [-0.2, -0.15) is 0 Å². The average Bonchev–Trinajstić information content (AvgIpc) is 3.32. The molecular formula is C22H26N4O2S2. The quantitative estimate of drug-likeness (QED) is 0.497. The van der Waals surface area contributed by atoms with Gasteiger partial charge in [0, 0.05) is 30.7 Å². The normalized spacial score (nSPS) is 12.8. The predicted octanol–water partition coefficient (Wildman–Crippen LogP) is 3.35. The van der Waals surface area contributed by atoms with Crippen LogP contribution in [-0.4, -0.2) is 41.8 Å². The Hall–Kier alpha value is -2.32. The molecular weight excluding hydrogens is 416 g/mol. The zero-order valence-electron chi connectivity index (χ0n) is 17.1. The standard InChI is InChI=1S/C22H26N4O2S2/c1-26(15-7-3-2-4-8-15)12-6-11-23-19(27)14-29-13-18-24-21(28)20-16-9-5-10-17(16)30-22(20)25-18/h2-4,7-8H,5-6,9-14H2,1H3,(H,23,27)(H,24,25,28). The van der Waals surface area contributed by atoms with Crippen molar-refractivity contribution in [1.29, 1.82) is 0 Å². The highest BCUT2D eigenvalue weighted by atomic mass is 32.2. The molecule has 0 spiro atoms. The predicted molar refractivity (Wildman–Crippen MR) is 126 cm³/mol. The van der Waals surface area contributed by atoms with Gasteiger partial charge in [-0.25, -0.2) is 4.98 Å². The lowest BCUT2D eigenvalue weighted by molar-refractivity contribution is -0.118. The minimum absolute atomic E-state index is 0.0147. The molecule has 1 aliphatic carbocycles. The molecule has 0 saturated carbocycles. The molecule has 1 amide bonds. The van der Waals surface area contributed by atoms with E-state index in [9.17, 15) is 9.59 Å². The third-order valence-electron chi connectivity index (χ3n) is 5.29. The van der Waals surface area contributed by atoms with E-state index in [4.69, 9.17) is 0 Å². The van der Waals surface area contributed by atoms with Crippen LogP contribution in [0.5, 0.6) is 0 Å². The van der Waals surface area contributed by atoms with E-state index in [1.165, 1.54) is 27.9 Å². The number of para-hydroxylation sites is 1. The molecule has 1 aliphatic rings. The Labute approximate surface area is 184 Å². The van der Waals surface area contributed by atoms with Gasteiger partial charge in [0.1, 0.15) is 10.7 Å². The number of carbonyl (C=O) groups is 1. The van der Waals surface area contributed by atoms with Crippen LogP contribution >= 0.6 is 23.1 Å². The number of fused-ring (bicyclic) bond motifs is 3. The summed E-state index contributed by atoms with van der Waals surface area (Å²) < 4.78 is 0. The Morgan fingerprint density at radius 1 is 1.30 bits per heavy atom. The molecule has 0 bridgehead atoms. The van der Waals surface area contributed by atoms with E-state index in [1.54, 1.807) is 11.3 Å². The van der Waals surface area contributed by atoms with Crippen molar-refractivity contribution in [3.8, 4) is 0 Å². The lowest BCUT2D eigenvalue weighted by atomic mass is 10.2. The lowest BCUT2D eigenvalue weighted by Gasteiger charge is -2.19. The van der Waals surface area contributed by atoms with Gasteiger partial charge in [0.05, 0.1) is 16.9 Å². The Morgan fingerprint density at radius 3 is 2.97 bits per heavy atom. The lowest BCUT2D eigenvalue weighted by Crippen LogP contribution is -2.29. The maximum atomic E-state index is 12.5. The fourth-order valence-corrected chi connectivity index (χ4v) is 5.76. The van der Waals surface area contributed by atoms with Crippen molar-refractivity contribution in [3.05, 3.63) is 57.0 Å². The first-order valence-electron chi connectivity index (χ1n) is 10.3. The van der Waals surface area contributed by atoms with E-state index >= 15 is 0 Å². The molecule has 0 radical (unpaired) electrons. The number of amides is 1. The summed E-state index contributed by atoms with van der Waals surface area (Å²) in [6.45, 7) is 1.53. The molecule has 0 saturated heterocycles. The third-order valence-corrected chi connectivity index (χ3v) is 7.42. The zero-order valence-corrected chi connectivity index (χ0v) is 18.7. The SMILES string of the molecule is CN(CCCNC(=O)CSCc1nc2sc3c(c2c(=O)[nH]1)CCC3)c1ccccc1. The van der Waals surface area contributed by atoms with E-state index in [2.05, 4.69) is 39.4 Å². The summed E-state index contributed by atoms with van der Waals surface area (Å²) in [6.07, 6.45) is 4.05. The molecule has 3 aromatic rings. The first-order chi connectivity index (χ1) is 14.6. The molecule has 0 unspecified atom stereocenters. The van der Waals surface area contributed by atoms with Crippen LogP contribution in [0.2, 0.25) is 0 Å². The summed E-state index contributed by atoms with van der Waals surface area (Å²) in [5.74, 6) is 1.55. The van der Waals surface area contributed by atoms with Crippen molar-refractivity contribution < 1.29 is 4.79 Å². The number of anilines is 1. The van der Waals surface area contributed by atoms with E-state index in [0.717, 1.165) is 42.4 Å². The summed E-state index contributed by atoms with van der Waals surface area (Å²) in [7, 11) is 2.06. The Bertz CT molecular complexity index is 1080. The number of thiophene rings is 1. The summed E-state index contributed by atoms with van der Waals surface area (Å²) in [4.78, 5) is 36.4. The van der Waals surface area contributed by atoms with Gasteiger partial charge in [-0.1, -0.05) is 18.2 Å². The maximum absolute atomic E-state index is 12.5. The van der Waals surface area contributed by atoms with Crippen LogP contribution in [0.4, 0.5) is 5.69 Å². The van der Waals surface area contributed by atoms with E-state index in [0.29, 0.717) is 23.9 Å². The summed E-state index contributed by atoms with van der Waals surface area (Å²) in [5, 5.41) is 3.74. The van der Waals surface area contributed by atoms with Crippen LogP contribution in [0.3, 0.4) is 0 Å². The molecule has 6 nitrogen and oxygen atoms in total. The molecule has 2 aromatic heterocycles. The van der Waals surface area contributed by atoms with Crippen LogP contribution in [0.15, 0.2) is 35.1 Å². The molecule has 8 heteroatoms. The minimum Gasteiger partial charge on any atom is -0.375 e. The molecule has 2 heterocycles. The van der Waals surface area contributed by atoms with Gasteiger partial charge in [-0.15, -0.1) is 23.1 Å². The molecule has 30 heavy (non-hydrogen) atoms. The Balaban J connectivity index is 1.19. The van der Waals surface area contributed by atoms with Crippen LogP contribution in [-0.2, 0) is 23.4 Å². The van der Waals surface area contributed by atoms with Crippen LogP contribution in [0, 0.1) is 0 Å². The second kappa shape index (κ2) is 9.66. The number of aryl methyl sites for hydroxylation is 2. The Morgan fingerprint density at radius 2 is 2.13 bits per heavy atom. The maximum Gasteiger partial charge on any atom is 0.259 e. The van der Waals surface area contributed by atoms with E-state index in [1.807, 2.05) is 18.2 Å². The Kier molecular flexibility index (Phi) is 6.74. The number of hydrogen-bond acceptors (Lipinski definition) is 6. The average molecular weight is 443 g/mol. The number of rotatable bonds is 9. The number of benzene rings is 1. The van der Waals surface area contributed by atoms with Gasteiger partial charge in [0.25, 0.3) is 5.56 Å². The van der Waals surface area contributed by atoms with Crippen molar-refractivity contribution >= 4 is 44.9 Å². The molecule has 1 aromatic carbocycles. The van der Waals surface area contributed by atoms with Crippen molar-refractivity contribution in [2.45, 2.75) is 31.4 Å². The van der Waals surface area contributed by atoms with Gasteiger partial charge < -0.3 is 15.2 Å². The molecule has 0 atom stereocenters. The first kappa shape index (κ1) is 20.9. The van der Waals surface area contributed by atoms with Gasteiger partial charge >= 0.3 is 0 Å². The number of aromatic amines is 1. The summed E-state index contributed by atoms with van der Waals surface area (Å²) in [5.41, 5.74) is 2.33. The smallest absolute Gasteiger partial charge is 0.259 e. The highest BCUT2D eigenvalue weighted by Gasteiger charge is 2.21. The summed E-state index contributed by atoms with van der Waals surface area (Å²) >= 11 is 3.12. The number of aromatic nitrogens is 2. The summed E-state index contributed by atoms with van der Waals surface area (Å²) in [6, 6.07) is 10.2. The van der Waals surface area contributed by atoms with Gasteiger partial charge in [-0.05, 0) is 43.4 Å². The van der Waals surface area contributed by atoms with Gasteiger partial charge in [0.2, 0.25) is 5.91 Å². The fourth-order valence-electron chi connectivity index (χ4n) is 3.76. The zero-order chi connectivity index (χ0) is 20.9.